The number of imidazole rings is 1. The average molecular weight is 309 g/mol. The van der Waals surface area contributed by atoms with Gasteiger partial charge in [0.05, 0.1) is 24.8 Å². The van der Waals surface area contributed by atoms with Gasteiger partial charge in [-0.25, -0.2) is 4.98 Å². The largest absolute Gasteiger partial charge is 0.481 e. The molecule has 114 valence electrons. The van der Waals surface area contributed by atoms with E-state index in [-0.39, 0.29) is 6.04 Å². The van der Waals surface area contributed by atoms with Crippen LogP contribution in [0.3, 0.4) is 0 Å². The highest BCUT2D eigenvalue weighted by molar-refractivity contribution is 7.15. The van der Waals surface area contributed by atoms with Gasteiger partial charge in [0.1, 0.15) is 0 Å². The fraction of sp³-hybridized carbons (Fsp3) is 0.571. The second-order valence-electron chi connectivity index (χ2n) is 5.35. The van der Waals surface area contributed by atoms with Crippen LogP contribution in [0.4, 0.5) is 0 Å². The second kappa shape index (κ2) is 6.13. The monoisotopic (exact) mass is 309 g/mol. The van der Waals surface area contributed by atoms with E-state index in [9.17, 15) is 9.90 Å². The maximum Gasteiger partial charge on any atom is 0.310 e. The molecule has 1 fully saturated rings. The Morgan fingerprint density at radius 2 is 2.48 bits per heavy atom. The second-order valence-corrected chi connectivity index (χ2v) is 6.22. The number of carbonyl (C=O) groups is 1. The van der Waals surface area contributed by atoms with Gasteiger partial charge in [-0.1, -0.05) is 6.92 Å². The highest BCUT2D eigenvalue weighted by atomic mass is 32.1. The highest BCUT2D eigenvalue weighted by Crippen LogP contribution is 2.23. The minimum Gasteiger partial charge on any atom is -0.481 e. The highest BCUT2D eigenvalue weighted by Gasteiger charge is 2.37. The third-order valence-corrected chi connectivity index (χ3v) is 4.63. The zero-order valence-corrected chi connectivity index (χ0v) is 12.8. The molecule has 2 atom stereocenters. The van der Waals surface area contributed by atoms with Crippen molar-refractivity contribution in [2.24, 2.45) is 5.92 Å². The molecule has 0 bridgehead atoms. The molecule has 0 aromatic carbocycles. The molecule has 2 aromatic rings. The van der Waals surface area contributed by atoms with Crippen molar-refractivity contribution in [1.82, 2.24) is 14.3 Å². The Kier molecular flexibility index (Phi) is 4.23. The lowest BCUT2D eigenvalue weighted by atomic mass is 10.0. The Hall–Kier alpha value is -1.44. The molecule has 1 N–H and O–H groups in total. The summed E-state index contributed by atoms with van der Waals surface area (Å²) in [6.07, 6.45) is 4.98. The molecule has 1 saturated heterocycles. The van der Waals surface area contributed by atoms with Crippen LogP contribution in [-0.2, 0) is 16.1 Å². The van der Waals surface area contributed by atoms with E-state index in [0.29, 0.717) is 19.8 Å². The minimum atomic E-state index is -0.774. The molecule has 0 saturated carbocycles. The average Bonchev–Trinajstić information content (AvgIpc) is 3.12. The van der Waals surface area contributed by atoms with Crippen LogP contribution in [0.1, 0.15) is 19.0 Å². The Balaban J connectivity index is 1.77. The fourth-order valence-electron chi connectivity index (χ4n) is 2.85. The van der Waals surface area contributed by atoms with Gasteiger partial charge in [-0.05, 0) is 13.0 Å². The standard InChI is InChI=1S/C14H19N3O3S/c1-2-3-16(12-9-20-8-11(12)13(18)19)6-10-7-17-4-5-21-14(17)15-10/h4-5,7,11-12H,2-3,6,8-9H2,1H3,(H,18,19). The van der Waals surface area contributed by atoms with Crippen LogP contribution < -0.4 is 0 Å². The molecule has 0 amide bonds. The van der Waals surface area contributed by atoms with Crippen LogP contribution in [0.25, 0.3) is 4.96 Å². The molecule has 21 heavy (non-hydrogen) atoms. The van der Waals surface area contributed by atoms with Crippen molar-refractivity contribution in [3.8, 4) is 0 Å². The third-order valence-electron chi connectivity index (χ3n) is 3.86. The van der Waals surface area contributed by atoms with Gasteiger partial charge < -0.3 is 9.84 Å². The number of carboxylic acids is 1. The normalized spacial score (nSPS) is 22.4. The van der Waals surface area contributed by atoms with Crippen molar-refractivity contribution in [2.45, 2.75) is 25.9 Å². The Morgan fingerprint density at radius 3 is 3.19 bits per heavy atom. The van der Waals surface area contributed by atoms with Crippen LogP contribution in [-0.4, -0.2) is 51.2 Å². The number of fused-ring (bicyclic) bond motifs is 1. The van der Waals surface area contributed by atoms with Crippen LogP contribution in [0.2, 0.25) is 0 Å². The Labute approximate surface area is 127 Å². The van der Waals surface area contributed by atoms with Crippen LogP contribution >= 0.6 is 11.3 Å². The van der Waals surface area contributed by atoms with Crippen molar-refractivity contribution in [3.63, 3.8) is 0 Å². The Morgan fingerprint density at radius 1 is 1.62 bits per heavy atom. The predicted molar refractivity (Wildman–Crippen MR) is 79.5 cm³/mol. The number of carboxylic acid groups (broad SMARTS) is 1. The first kappa shape index (κ1) is 14.5. The first-order valence-corrected chi connectivity index (χ1v) is 8.02. The first-order chi connectivity index (χ1) is 10.2. The molecule has 0 radical (unpaired) electrons. The van der Waals surface area contributed by atoms with E-state index < -0.39 is 11.9 Å². The summed E-state index contributed by atoms with van der Waals surface area (Å²) in [6.45, 7) is 4.41. The van der Waals surface area contributed by atoms with E-state index in [1.54, 1.807) is 11.3 Å². The van der Waals surface area contributed by atoms with Gasteiger partial charge in [0.25, 0.3) is 0 Å². The number of ether oxygens (including phenoxy) is 1. The fourth-order valence-corrected chi connectivity index (χ4v) is 3.57. The number of hydrogen-bond acceptors (Lipinski definition) is 5. The summed E-state index contributed by atoms with van der Waals surface area (Å²) in [6, 6.07) is -0.0674. The SMILES string of the molecule is CCCN(Cc1cn2ccsc2n1)C1COCC1C(=O)O. The zero-order chi connectivity index (χ0) is 14.8. The lowest BCUT2D eigenvalue weighted by molar-refractivity contribution is -0.143. The Bertz CT molecular complexity index is 595. The van der Waals surface area contributed by atoms with Gasteiger partial charge in [0, 0.05) is 30.4 Å². The van der Waals surface area contributed by atoms with E-state index in [1.807, 2.05) is 22.2 Å². The summed E-state index contributed by atoms with van der Waals surface area (Å²) < 4.78 is 7.40. The maximum atomic E-state index is 11.3. The minimum absolute atomic E-state index is 0.0674. The van der Waals surface area contributed by atoms with Crippen molar-refractivity contribution in [3.05, 3.63) is 23.5 Å². The van der Waals surface area contributed by atoms with Gasteiger partial charge in [-0.2, -0.15) is 0 Å². The number of hydrogen-bond donors (Lipinski definition) is 1. The van der Waals surface area contributed by atoms with Crippen LogP contribution in [0.5, 0.6) is 0 Å². The molecular weight excluding hydrogens is 290 g/mol. The zero-order valence-electron chi connectivity index (χ0n) is 11.9. The molecule has 1 aliphatic rings. The van der Waals surface area contributed by atoms with E-state index in [0.717, 1.165) is 23.6 Å². The molecule has 0 aliphatic carbocycles. The molecule has 7 heteroatoms. The van der Waals surface area contributed by atoms with Crippen LogP contribution in [0.15, 0.2) is 17.8 Å². The van der Waals surface area contributed by atoms with Gasteiger partial charge in [0.15, 0.2) is 4.96 Å². The van der Waals surface area contributed by atoms with Gasteiger partial charge in [0.2, 0.25) is 0 Å². The molecule has 1 aliphatic heterocycles. The molecule has 3 heterocycles. The van der Waals surface area contributed by atoms with E-state index >= 15 is 0 Å². The summed E-state index contributed by atoms with van der Waals surface area (Å²) in [7, 11) is 0. The van der Waals surface area contributed by atoms with E-state index in [2.05, 4.69) is 16.8 Å². The van der Waals surface area contributed by atoms with Crippen molar-refractivity contribution < 1.29 is 14.6 Å². The van der Waals surface area contributed by atoms with Crippen molar-refractivity contribution >= 4 is 22.3 Å². The number of nitrogens with zero attached hydrogens (tertiary/aromatic N) is 3. The van der Waals surface area contributed by atoms with Crippen molar-refractivity contribution in [2.75, 3.05) is 19.8 Å². The van der Waals surface area contributed by atoms with E-state index in [4.69, 9.17) is 4.74 Å². The quantitative estimate of drug-likeness (QED) is 0.880. The smallest absolute Gasteiger partial charge is 0.310 e. The number of rotatable bonds is 6. The summed E-state index contributed by atoms with van der Waals surface area (Å²) in [4.78, 5) is 19.1. The molecule has 3 rings (SSSR count). The van der Waals surface area contributed by atoms with Gasteiger partial charge in [-0.3, -0.25) is 14.1 Å². The lowest BCUT2D eigenvalue weighted by Crippen LogP contribution is -2.43. The van der Waals surface area contributed by atoms with Gasteiger partial charge in [-0.15, -0.1) is 11.3 Å². The molecule has 2 aromatic heterocycles. The van der Waals surface area contributed by atoms with E-state index in [1.165, 1.54) is 0 Å². The molecule has 6 nitrogen and oxygen atoms in total. The van der Waals surface area contributed by atoms with Crippen molar-refractivity contribution in [1.29, 1.82) is 0 Å². The summed E-state index contributed by atoms with van der Waals surface area (Å²) in [5.74, 6) is -1.22. The first-order valence-electron chi connectivity index (χ1n) is 7.14. The predicted octanol–water partition coefficient (Wildman–Crippen LogP) is 1.71. The third kappa shape index (κ3) is 2.95. The number of aliphatic carboxylic acids is 1. The maximum absolute atomic E-state index is 11.3. The number of aromatic nitrogens is 2. The topological polar surface area (TPSA) is 67.1 Å². The summed E-state index contributed by atoms with van der Waals surface area (Å²) in [5, 5.41) is 11.3. The lowest BCUT2D eigenvalue weighted by Gasteiger charge is -2.29. The summed E-state index contributed by atoms with van der Waals surface area (Å²) >= 11 is 1.60. The van der Waals surface area contributed by atoms with Gasteiger partial charge >= 0.3 is 5.97 Å². The summed E-state index contributed by atoms with van der Waals surface area (Å²) in [5.41, 5.74) is 0.978. The molecule has 0 spiro atoms. The van der Waals surface area contributed by atoms with Crippen LogP contribution in [0, 0.1) is 5.92 Å². The number of thiazole rings is 1. The molecular formula is C14H19N3O3S. The molecule has 2 unspecified atom stereocenters.